The molecule has 4 amide bonds. The Labute approximate surface area is 176 Å². The molecule has 1 saturated heterocycles. The van der Waals surface area contributed by atoms with E-state index < -0.39 is 23.3 Å². The second kappa shape index (κ2) is 7.47. The molecule has 0 bridgehead atoms. The number of benzene rings is 2. The van der Waals surface area contributed by atoms with Crippen LogP contribution in [0.2, 0.25) is 0 Å². The molecule has 31 heavy (non-hydrogen) atoms. The number of nitriles is 1. The molecule has 1 fully saturated rings. The maximum Gasteiger partial charge on any atom is 0.323 e. The highest BCUT2D eigenvalue weighted by molar-refractivity contribution is 6.10. The molecule has 0 radical (unpaired) electrons. The smallest absolute Gasteiger partial charge is 0.323 e. The normalized spacial score (nSPS) is 19.1. The molecular formula is C22H15FN4O4. The third kappa shape index (κ3) is 3.53. The maximum atomic E-state index is 13.6. The number of carbonyl (C=O) groups excluding carboxylic acids is 3. The highest BCUT2D eigenvalue weighted by Gasteiger charge is 2.48. The average Bonchev–Trinajstić information content (AvgIpc) is 3.22. The Balaban J connectivity index is 1.66. The van der Waals surface area contributed by atoms with Gasteiger partial charge in [0.1, 0.15) is 17.6 Å². The van der Waals surface area contributed by atoms with Crippen LogP contribution in [-0.4, -0.2) is 41.9 Å². The standard InChI is InChI=1S/C22H15FN4O4/c1-31-16-4-3-14-11-27(19(28)17(14)9-16)12-22(20(29)25-21(30)26-22)7-6-13-2-5-18(23)15(8-13)10-24/h2-5,8-9H,11-12H2,1H3,(H2,25,26,29,30)/t22-/m1/s1. The van der Waals surface area contributed by atoms with Crippen LogP contribution in [0.15, 0.2) is 36.4 Å². The number of nitrogens with zero attached hydrogens (tertiary/aromatic N) is 2. The largest absolute Gasteiger partial charge is 0.497 e. The number of amides is 4. The Morgan fingerprint density at radius 1 is 1.23 bits per heavy atom. The Morgan fingerprint density at radius 2 is 2.03 bits per heavy atom. The highest BCUT2D eigenvalue weighted by atomic mass is 19.1. The van der Waals surface area contributed by atoms with Crippen LogP contribution in [0.5, 0.6) is 5.75 Å². The Bertz CT molecular complexity index is 1240. The number of rotatable bonds is 3. The summed E-state index contributed by atoms with van der Waals surface area (Å²) in [6, 6.07) is 9.79. The van der Waals surface area contributed by atoms with Gasteiger partial charge in [-0.2, -0.15) is 5.26 Å². The van der Waals surface area contributed by atoms with Gasteiger partial charge in [0.2, 0.25) is 5.54 Å². The zero-order chi connectivity index (χ0) is 22.2. The molecule has 0 saturated carbocycles. The number of nitrogens with one attached hydrogen (secondary N) is 2. The van der Waals surface area contributed by atoms with Gasteiger partial charge in [0.25, 0.3) is 11.8 Å². The molecule has 2 aliphatic rings. The number of halogens is 1. The van der Waals surface area contributed by atoms with Gasteiger partial charge in [0.05, 0.1) is 19.2 Å². The third-order valence-corrected chi connectivity index (χ3v) is 5.07. The van der Waals surface area contributed by atoms with Crippen molar-refractivity contribution in [2.75, 3.05) is 13.7 Å². The van der Waals surface area contributed by atoms with Crippen molar-refractivity contribution in [3.63, 3.8) is 0 Å². The van der Waals surface area contributed by atoms with Crippen molar-refractivity contribution in [3.8, 4) is 23.7 Å². The van der Waals surface area contributed by atoms with Crippen molar-refractivity contribution in [2.45, 2.75) is 12.1 Å². The van der Waals surface area contributed by atoms with Gasteiger partial charge in [0.15, 0.2) is 0 Å². The van der Waals surface area contributed by atoms with E-state index in [9.17, 15) is 18.8 Å². The molecule has 154 valence electrons. The van der Waals surface area contributed by atoms with Crippen molar-refractivity contribution < 1.29 is 23.5 Å². The van der Waals surface area contributed by atoms with E-state index >= 15 is 0 Å². The number of hydrogen-bond acceptors (Lipinski definition) is 5. The van der Waals surface area contributed by atoms with Gasteiger partial charge in [0, 0.05) is 17.7 Å². The predicted molar refractivity (Wildman–Crippen MR) is 105 cm³/mol. The number of imide groups is 1. The first-order chi connectivity index (χ1) is 14.8. The predicted octanol–water partition coefficient (Wildman–Crippen LogP) is 1.29. The molecule has 1 atom stereocenters. The molecule has 0 unspecified atom stereocenters. The minimum Gasteiger partial charge on any atom is -0.497 e. The number of ether oxygens (including phenoxy) is 1. The second-order valence-corrected chi connectivity index (χ2v) is 7.05. The zero-order valence-electron chi connectivity index (χ0n) is 16.3. The lowest BCUT2D eigenvalue weighted by molar-refractivity contribution is -0.122. The highest BCUT2D eigenvalue weighted by Crippen LogP contribution is 2.28. The molecule has 2 heterocycles. The lowest BCUT2D eigenvalue weighted by atomic mass is 9.98. The van der Waals surface area contributed by atoms with Gasteiger partial charge in [-0.3, -0.25) is 14.9 Å². The minimum absolute atomic E-state index is 0.195. The topological polar surface area (TPSA) is 112 Å². The summed E-state index contributed by atoms with van der Waals surface area (Å²) in [5, 5.41) is 13.6. The van der Waals surface area contributed by atoms with Gasteiger partial charge in [-0.05, 0) is 35.9 Å². The summed E-state index contributed by atoms with van der Waals surface area (Å²) >= 11 is 0. The molecule has 0 aliphatic carbocycles. The zero-order valence-corrected chi connectivity index (χ0v) is 16.3. The quantitative estimate of drug-likeness (QED) is 0.576. The van der Waals surface area contributed by atoms with Crippen LogP contribution >= 0.6 is 0 Å². The van der Waals surface area contributed by atoms with Crippen LogP contribution in [0.25, 0.3) is 0 Å². The summed E-state index contributed by atoms with van der Waals surface area (Å²) in [6.45, 7) is 0.0412. The maximum absolute atomic E-state index is 13.6. The van der Waals surface area contributed by atoms with Crippen molar-refractivity contribution in [3.05, 3.63) is 64.5 Å². The molecule has 2 aliphatic heterocycles. The van der Waals surface area contributed by atoms with Crippen LogP contribution < -0.4 is 15.4 Å². The van der Waals surface area contributed by atoms with E-state index in [4.69, 9.17) is 10.00 Å². The molecule has 2 aromatic rings. The monoisotopic (exact) mass is 418 g/mol. The summed E-state index contributed by atoms with van der Waals surface area (Å²) in [7, 11) is 1.50. The summed E-state index contributed by atoms with van der Waals surface area (Å²) in [6.07, 6.45) is 0. The van der Waals surface area contributed by atoms with Crippen molar-refractivity contribution in [1.29, 1.82) is 5.26 Å². The van der Waals surface area contributed by atoms with E-state index in [1.54, 1.807) is 24.3 Å². The molecule has 4 rings (SSSR count). The molecule has 8 nitrogen and oxygen atoms in total. The lowest BCUT2D eigenvalue weighted by Gasteiger charge is -2.26. The third-order valence-electron chi connectivity index (χ3n) is 5.07. The Morgan fingerprint density at radius 3 is 2.71 bits per heavy atom. The van der Waals surface area contributed by atoms with E-state index in [-0.39, 0.29) is 30.1 Å². The first kappa shape index (κ1) is 19.9. The summed E-state index contributed by atoms with van der Waals surface area (Å²) in [4.78, 5) is 38.8. The van der Waals surface area contributed by atoms with Gasteiger partial charge in [-0.15, -0.1) is 0 Å². The number of fused-ring (bicyclic) bond motifs is 1. The fourth-order valence-corrected chi connectivity index (χ4v) is 3.48. The van der Waals surface area contributed by atoms with E-state index in [0.29, 0.717) is 11.3 Å². The second-order valence-electron chi connectivity index (χ2n) is 7.05. The van der Waals surface area contributed by atoms with Gasteiger partial charge >= 0.3 is 6.03 Å². The number of urea groups is 1. The molecule has 2 N–H and O–H groups in total. The first-order valence-corrected chi connectivity index (χ1v) is 9.18. The van der Waals surface area contributed by atoms with Crippen molar-refractivity contribution >= 4 is 17.8 Å². The van der Waals surface area contributed by atoms with Crippen LogP contribution in [0, 0.1) is 29.0 Å². The fourth-order valence-electron chi connectivity index (χ4n) is 3.48. The Hall–Kier alpha value is -4.37. The van der Waals surface area contributed by atoms with Gasteiger partial charge < -0.3 is 15.0 Å². The van der Waals surface area contributed by atoms with E-state index in [0.717, 1.165) is 11.6 Å². The number of hydrogen-bond donors (Lipinski definition) is 2. The molecule has 9 heteroatoms. The van der Waals surface area contributed by atoms with Crippen molar-refractivity contribution in [2.24, 2.45) is 0 Å². The summed E-state index contributed by atoms with van der Waals surface area (Å²) in [5.74, 6) is 4.24. The van der Waals surface area contributed by atoms with E-state index in [1.165, 1.54) is 24.1 Å². The molecule has 0 spiro atoms. The van der Waals surface area contributed by atoms with Crippen LogP contribution in [-0.2, 0) is 11.3 Å². The van der Waals surface area contributed by atoms with E-state index in [2.05, 4.69) is 22.5 Å². The summed E-state index contributed by atoms with van der Waals surface area (Å²) in [5.41, 5.74) is -0.396. The van der Waals surface area contributed by atoms with Crippen LogP contribution in [0.3, 0.4) is 0 Å². The SMILES string of the molecule is COc1ccc2c(c1)C(=O)N(C[C@@]1(C#Cc3ccc(F)c(C#N)c3)NC(=O)NC1=O)C2. The number of methoxy groups -OCH3 is 1. The van der Waals surface area contributed by atoms with Crippen molar-refractivity contribution in [1.82, 2.24) is 15.5 Å². The first-order valence-electron chi connectivity index (χ1n) is 9.18. The van der Waals surface area contributed by atoms with Gasteiger partial charge in [-0.1, -0.05) is 17.9 Å². The van der Waals surface area contributed by atoms with Crippen LogP contribution in [0.1, 0.15) is 27.0 Å². The van der Waals surface area contributed by atoms with Gasteiger partial charge in [-0.25, -0.2) is 9.18 Å². The van der Waals surface area contributed by atoms with Crippen LogP contribution in [0.4, 0.5) is 9.18 Å². The lowest BCUT2D eigenvalue weighted by Crippen LogP contribution is -2.54. The number of carbonyl (C=O) groups is 3. The molecular weight excluding hydrogens is 403 g/mol. The average molecular weight is 418 g/mol. The Kier molecular flexibility index (Phi) is 4.80. The molecule has 2 aromatic carbocycles. The van der Waals surface area contributed by atoms with E-state index in [1.807, 2.05) is 0 Å². The molecule has 0 aromatic heterocycles. The summed E-state index contributed by atoms with van der Waals surface area (Å²) < 4.78 is 18.7. The minimum atomic E-state index is -1.69. The fraction of sp³-hybridized carbons (Fsp3) is 0.182.